The average molecular weight is 436 g/mol. The van der Waals surface area contributed by atoms with Gasteiger partial charge >= 0.3 is 0 Å². The van der Waals surface area contributed by atoms with Crippen LogP contribution in [0.5, 0.6) is 11.5 Å². The molecular weight excluding hydrogens is 406 g/mol. The normalized spacial score (nSPS) is 11.5. The summed E-state index contributed by atoms with van der Waals surface area (Å²) in [5.41, 5.74) is 5.23. The third-order valence-corrected chi connectivity index (χ3v) is 5.54. The molecule has 0 bridgehead atoms. The van der Waals surface area contributed by atoms with Crippen LogP contribution in [-0.4, -0.2) is 42.9 Å². The lowest BCUT2D eigenvalue weighted by Gasteiger charge is -2.15. The summed E-state index contributed by atoms with van der Waals surface area (Å²) in [6.07, 6.45) is 0.716. The number of carbonyl (C=O) groups excluding carboxylic acids is 1. The summed E-state index contributed by atoms with van der Waals surface area (Å²) >= 11 is 0. The van der Waals surface area contributed by atoms with Gasteiger partial charge in [-0.15, -0.1) is 0 Å². The lowest BCUT2D eigenvalue weighted by molar-refractivity contribution is -0.122. The Balaban J connectivity index is 2.03. The summed E-state index contributed by atoms with van der Waals surface area (Å²) in [6, 6.07) is 9.39. The molecule has 3 N–H and O–H groups in total. The third kappa shape index (κ3) is 7.03. The first-order valence-electron chi connectivity index (χ1n) is 9.73. The largest absolute Gasteiger partial charge is 0.508 e. The quantitative estimate of drug-likeness (QED) is 0.522. The first-order valence-corrected chi connectivity index (χ1v) is 11.3. The van der Waals surface area contributed by atoms with Crippen molar-refractivity contribution in [3.8, 4) is 11.5 Å². The summed E-state index contributed by atoms with van der Waals surface area (Å²) in [7, 11) is -4.11. The standard InChI is InChI=1S/C22H29NO6S/c1-14(2)19-11-17(5-6-21(19)24)12-20-15(3)9-18(10-16(20)4)29-13-22(25)23-7-8-30(26,27)28/h5-6,9-11,14,24H,7-8,12-13H2,1-4H3,(H,23,25)(H,26,27,28). The molecule has 8 heteroatoms. The van der Waals surface area contributed by atoms with E-state index in [4.69, 9.17) is 9.29 Å². The van der Waals surface area contributed by atoms with Crippen LogP contribution >= 0.6 is 0 Å². The molecule has 30 heavy (non-hydrogen) atoms. The number of rotatable bonds is 9. The molecule has 0 aromatic heterocycles. The van der Waals surface area contributed by atoms with Crippen LogP contribution in [-0.2, 0) is 21.3 Å². The van der Waals surface area contributed by atoms with E-state index in [1.807, 2.05) is 52.0 Å². The van der Waals surface area contributed by atoms with E-state index in [-0.39, 0.29) is 19.1 Å². The van der Waals surface area contributed by atoms with Gasteiger partial charge < -0.3 is 15.2 Å². The molecule has 0 aliphatic heterocycles. The number of phenolic OH excluding ortho intramolecular Hbond substituents is 1. The first-order chi connectivity index (χ1) is 14.0. The predicted octanol–water partition coefficient (Wildman–Crippen LogP) is 3.11. The Morgan fingerprint density at radius 2 is 1.77 bits per heavy atom. The molecule has 0 fully saturated rings. The van der Waals surface area contributed by atoms with Crippen molar-refractivity contribution in [1.29, 1.82) is 0 Å². The van der Waals surface area contributed by atoms with Crippen LogP contribution in [0.25, 0.3) is 0 Å². The molecule has 0 radical (unpaired) electrons. The summed E-state index contributed by atoms with van der Waals surface area (Å²) in [6.45, 7) is 7.61. The Hall–Kier alpha value is -2.58. The van der Waals surface area contributed by atoms with Crippen LogP contribution in [0.15, 0.2) is 30.3 Å². The molecule has 0 unspecified atom stereocenters. The zero-order chi connectivity index (χ0) is 22.5. The lowest BCUT2D eigenvalue weighted by Crippen LogP contribution is -2.32. The van der Waals surface area contributed by atoms with E-state index >= 15 is 0 Å². The van der Waals surface area contributed by atoms with Crippen LogP contribution in [0.1, 0.15) is 47.6 Å². The second-order valence-corrected chi connectivity index (χ2v) is 9.26. The number of carbonyl (C=O) groups is 1. The lowest BCUT2D eigenvalue weighted by atomic mass is 9.93. The summed E-state index contributed by atoms with van der Waals surface area (Å²) in [4.78, 5) is 11.8. The van der Waals surface area contributed by atoms with Crippen molar-refractivity contribution < 1.29 is 27.6 Å². The van der Waals surface area contributed by atoms with Gasteiger partial charge in [0.1, 0.15) is 11.5 Å². The van der Waals surface area contributed by atoms with Crippen molar-refractivity contribution in [2.75, 3.05) is 18.9 Å². The molecular formula is C22H29NO6S. The number of phenols is 1. The van der Waals surface area contributed by atoms with E-state index in [0.717, 1.165) is 27.8 Å². The number of aromatic hydroxyl groups is 1. The molecule has 7 nitrogen and oxygen atoms in total. The predicted molar refractivity (Wildman–Crippen MR) is 116 cm³/mol. The van der Waals surface area contributed by atoms with E-state index < -0.39 is 21.8 Å². The van der Waals surface area contributed by atoms with Gasteiger partial charge in [-0.25, -0.2) is 0 Å². The molecule has 0 aliphatic rings. The zero-order valence-corrected chi connectivity index (χ0v) is 18.5. The molecule has 0 spiro atoms. The van der Waals surface area contributed by atoms with E-state index in [9.17, 15) is 18.3 Å². The van der Waals surface area contributed by atoms with Gasteiger partial charge in [-0.1, -0.05) is 26.0 Å². The van der Waals surface area contributed by atoms with Crippen molar-refractivity contribution in [1.82, 2.24) is 5.32 Å². The maximum Gasteiger partial charge on any atom is 0.266 e. The Labute approximate surface area is 177 Å². The number of amides is 1. The van der Waals surface area contributed by atoms with E-state index in [2.05, 4.69) is 5.32 Å². The van der Waals surface area contributed by atoms with Crippen molar-refractivity contribution in [2.24, 2.45) is 0 Å². The van der Waals surface area contributed by atoms with Crippen LogP contribution in [0.2, 0.25) is 0 Å². The highest BCUT2D eigenvalue weighted by molar-refractivity contribution is 7.85. The maximum atomic E-state index is 11.8. The van der Waals surface area contributed by atoms with E-state index in [1.54, 1.807) is 6.07 Å². The summed E-state index contributed by atoms with van der Waals surface area (Å²) in [5.74, 6) is 0.0736. The second kappa shape index (κ2) is 9.95. The van der Waals surface area contributed by atoms with Gasteiger partial charge in [-0.05, 0) is 72.2 Å². The van der Waals surface area contributed by atoms with Gasteiger partial charge in [-0.2, -0.15) is 8.42 Å². The second-order valence-electron chi connectivity index (χ2n) is 7.68. The Bertz CT molecular complexity index is 991. The fourth-order valence-corrected chi connectivity index (χ4v) is 3.58. The molecule has 1 amide bonds. The Morgan fingerprint density at radius 3 is 2.33 bits per heavy atom. The third-order valence-electron chi connectivity index (χ3n) is 4.82. The summed E-state index contributed by atoms with van der Waals surface area (Å²) < 4.78 is 35.5. The van der Waals surface area contributed by atoms with Gasteiger partial charge in [0.2, 0.25) is 0 Å². The minimum absolute atomic E-state index is 0.178. The molecule has 0 atom stereocenters. The molecule has 0 aliphatic carbocycles. The fraction of sp³-hybridized carbons (Fsp3) is 0.409. The average Bonchev–Trinajstić information content (AvgIpc) is 2.63. The van der Waals surface area contributed by atoms with E-state index in [0.29, 0.717) is 17.9 Å². The Morgan fingerprint density at radius 1 is 1.13 bits per heavy atom. The molecule has 0 saturated heterocycles. The number of nitrogens with one attached hydrogen (secondary N) is 1. The van der Waals surface area contributed by atoms with Crippen LogP contribution < -0.4 is 10.1 Å². The minimum Gasteiger partial charge on any atom is -0.508 e. The van der Waals surface area contributed by atoms with Crippen LogP contribution in [0, 0.1) is 13.8 Å². The molecule has 2 rings (SSSR count). The van der Waals surface area contributed by atoms with Gasteiger partial charge in [0.15, 0.2) is 6.61 Å². The number of ether oxygens (including phenoxy) is 1. The number of benzene rings is 2. The summed E-state index contributed by atoms with van der Waals surface area (Å²) in [5, 5.41) is 12.4. The smallest absolute Gasteiger partial charge is 0.266 e. The highest BCUT2D eigenvalue weighted by Gasteiger charge is 2.12. The topological polar surface area (TPSA) is 113 Å². The van der Waals surface area contributed by atoms with Crippen molar-refractivity contribution in [3.05, 3.63) is 58.1 Å². The highest BCUT2D eigenvalue weighted by Crippen LogP contribution is 2.29. The minimum atomic E-state index is -4.11. The molecule has 0 heterocycles. The van der Waals surface area contributed by atoms with Gasteiger partial charge in [0.05, 0.1) is 5.75 Å². The molecule has 2 aromatic carbocycles. The van der Waals surface area contributed by atoms with Crippen molar-refractivity contribution in [2.45, 2.75) is 40.0 Å². The highest BCUT2D eigenvalue weighted by atomic mass is 32.2. The SMILES string of the molecule is Cc1cc(OCC(=O)NCCS(=O)(=O)O)cc(C)c1Cc1ccc(O)c(C(C)C)c1. The monoisotopic (exact) mass is 435 g/mol. The van der Waals surface area contributed by atoms with Gasteiger partial charge in [-0.3, -0.25) is 9.35 Å². The zero-order valence-electron chi connectivity index (χ0n) is 17.7. The molecule has 2 aromatic rings. The number of aryl methyl sites for hydroxylation is 2. The van der Waals surface area contributed by atoms with Crippen molar-refractivity contribution in [3.63, 3.8) is 0 Å². The number of hydrogen-bond acceptors (Lipinski definition) is 5. The van der Waals surface area contributed by atoms with Crippen LogP contribution in [0.4, 0.5) is 0 Å². The van der Waals surface area contributed by atoms with Gasteiger partial charge in [0.25, 0.3) is 16.0 Å². The number of hydrogen-bond donors (Lipinski definition) is 3. The first kappa shape index (κ1) is 23.7. The van der Waals surface area contributed by atoms with Crippen LogP contribution in [0.3, 0.4) is 0 Å². The fourth-order valence-electron chi connectivity index (χ4n) is 3.22. The molecule has 164 valence electrons. The maximum absolute atomic E-state index is 11.8. The molecule has 0 saturated carbocycles. The van der Waals surface area contributed by atoms with Gasteiger partial charge in [0, 0.05) is 6.54 Å². The van der Waals surface area contributed by atoms with E-state index in [1.165, 1.54) is 0 Å². The Kier molecular flexibility index (Phi) is 7.86. The van der Waals surface area contributed by atoms with Crippen molar-refractivity contribution >= 4 is 16.0 Å².